The minimum absolute atomic E-state index is 0.00859. The lowest BCUT2D eigenvalue weighted by Gasteiger charge is -2.34. The van der Waals surface area contributed by atoms with Crippen molar-refractivity contribution in [3.63, 3.8) is 0 Å². The van der Waals surface area contributed by atoms with Gasteiger partial charge in [-0.15, -0.1) is 0 Å². The normalized spacial score (nSPS) is 16.6. The van der Waals surface area contributed by atoms with Crippen LogP contribution in [0.2, 0.25) is 0 Å². The zero-order valence-electron chi connectivity index (χ0n) is 22.3. The molecule has 11 nitrogen and oxygen atoms in total. The summed E-state index contributed by atoms with van der Waals surface area (Å²) in [5.74, 6) is -7.48. The molecule has 1 unspecified atom stereocenters. The molecule has 4 N–H and O–H groups in total. The fourth-order valence-electron chi connectivity index (χ4n) is 4.20. The molecule has 0 bridgehead atoms. The summed E-state index contributed by atoms with van der Waals surface area (Å²) in [6, 6.07) is 0.651. The van der Waals surface area contributed by atoms with E-state index in [0.717, 1.165) is 0 Å². The van der Waals surface area contributed by atoms with Gasteiger partial charge in [0, 0.05) is 17.7 Å². The van der Waals surface area contributed by atoms with Crippen molar-refractivity contribution < 1.29 is 47.0 Å². The van der Waals surface area contributed by atoms with Crippen molar-refractivity contribution >= 4 is 35.4 Å². The van der Waals surface area contributed by atoms with Gasteiger partial charge in [0.2, 0.25) is 5.91 Å². The number of hydrogen-bond donors (Lipinski definition) is 4. The first-order valence-corrected chi connectivity index (χ1v) is 12.8. The number of ketones is 1. The van der Waals surface area contributed by atoms with Crippen molar-refractivity contribution in [1.82, 2.24) is 20.9 Å². The smallest absolute Gasteiger partial charge is 0.452 e. The van der Waals surface area contributed by atoms with Gasteiger partial charge in [-0.2, -0.15) is 13.2 Å². The van der Waals surface area contributed by atoms with E-state index in [2.05, 4.69) is 16.0 Å². The molecule has 1 heterocycles. The number of rotatable bonds is 12. The van der Waals surface area contributed by atoms with Gasteiger partial charge in [0.1, 0.15) is 12.1 Å². The van der Waals surface area contributed by atoms with Crippen LogP contribution in [0.3, 0.4) is 0 Å². The minimum atomic E-state index is -5.29. The van der Waals surface area contributed by atoms with Crippen molar-refractivity contribution in [3.8, 4) is 0 Å². The molecule has 2 rings (SSSR count). The summed E-state index contributed by atoms with van der Waals surface area (Å²) in [5, 5.41) is 16.3. The standard InChI is InChI=1S/C26H33F3N4O7/c1-4-18(21(36)26(27,28)29)33(24(39)17-6-5-12-30-17)25(40)20(14(2)3)32-23(38)16-9-7-15(8-10-16)22(37)31-13-11-19(34)35/h7-10,14,17-18,20,30H,4-6,11-13H2,1-3H3,(H,31,37)(H,32,38)(H,34,35)/t17-,18?,20-/m0/s1. The van der Waals surface area contributed by atoms with Crippen LogP contribution in [0.15, 0.2) is 24.3 Å². The van der Waals surface area contributed by atoms with E-state index >= 15 is 0 Å². The van der Waals surface area contributed by atoms with Gasteiger partial charge in [-0.25, -0.2) is 0 Å². The molecule has 0 saturated carbocycles. The summed E-state index contributed by atoms with van der Waals surface area (Å²) in [6.07, 6.45) is -5.21. The second kappa shape index (κ2) is 14.0. The van der Waals surface area contributed by atoms with E-state index in [4.69, 9.17) is 5.11 Å². The van der Waals surface area contributed by atoms with Crippen LogP contribution in [0, 0.1) is 5.92 Å². The highest BCUT2D eigenvalue weighted by molar-refractivity contribution is 6.07. The van der Waals surface area contributed by atoms with E-state index in [-0.39, 0.29) is 30.5 Å². The van der Waals surface area contributed by atoms with Crippen molar-refractivity contribution in [2.45, 2.75) is 70.8 Å². The highest BCUT2D eigenvalue weighted by Gasteiger charge is 2.50. The Hall–Kier alpha value is -3.81. The maximum Gasteiger partial charge on any atom is 0.452 e. The summed E-state index contributed by atoms with van der Waals surface area (Å²) < 4.78 is 40.2. The maximum absolute atomic E-state index is 13.6. The maximum atomic E-state index is 13.6. The summed E-state index contributed by atoms with van der Waals surface area (Å²) >= 11 is 0. The first-order chi connectivity index (χ1) is 18.7. The number of amides is 4. The fraction of sp³-hybridized carbons (Fsp3) is 0.538. The van der Waals surface area contributed by atoms with E-state index in [0.29, 0.717) is 17.9 Å². The minimum Gasteiger partial charge on any atom is -0.481 e. The SMILES string of the molecule is CCC(C(=O)C(F)(F)F)N(C(=O)[C@@H]1CCCN1)C(=O)[C@@H](NC(=O)c1ccc(C(=O)NCCC(=O)O)cc1)C(C)C. The summed E-state index contributed by atoms with van der Waals surface area (Å²) in [6.45, 7) is 4.62. The van der Waals surface area contributed by atoms with Crippen LogP contribution in [-0.4, -0.2) is 82.8 Å². The third-order valence-electron chi connectivity index (χ3n) is 6.37. The Morgan fingerprint density at radius 1 is 1.05 bits per heavy atom. The molecule has 1 aromatic rings. The lowest BCUT2D eigenvalue weighted by molar-refractivity contribution is -0.180. The van der Waals surface area contributed by atoms with Gasteiger partial charge in [-0.1, -0.05) is 20.8 Å². The number of hydrogen-bond acceptors (Lipinski definition) is 7. The molecule has 1 fully saturated rings. The molecule has 0 spiro atoms. The average Bonchev–Trinajstić information content (AvgIpc) is 3.43. The number of carboxylic acids is 1. The summed E-state index contributed by atoms with van der Waals surface area (Å²) in [5.41, 5.74) is 0.144. The van der Waals surface area contributed by atoms with Gasteiger partial charge in [0.25, 0.3) is 23.5 Å². The summed E-state index contributed by atoms with van der Waals surface area (Å²) in [4.78, 5) is 75.2. The zero-order chi connectivity index (χ0) is 30.2. The Kier molecular flexibility index (Phi) is 11.3. The van der Waals surface area contributed by atoms with Crippen molar-refractivity contribution in [3.05, 3.63) is 35.4 Å². The van der Waals surface area contributed by atoms with Crippen molar-refractivity contribution in [2.24, 2.45) is 5.92 Å². The largest absolute Gasteiger partial charge is 0.481 e. The van der Waals surface area contributed by atoms with Gasteiger partial charge in [0.15, 0.2) is 0 Å². The van der Waals surface area contributed by atoms with Gasteiger partial charge < -0.3 is 21.1 Å². The molecule has 1 aliphatic heterocycles. The number of halogens is 3. The topological polar surface area (TPSA) is 162 Å². The molecule has 14 heteroatoms. The van der Waals surface area contributed by atoms with Gasteiger partial charge in [-0.05, 0) is 56.0 Å². The first kappa shape index (κ1) is 32.4. The second-order valence-electron chi connectivity index (χ2n) is 9.65. The molecule has 1 aliphatic rings. The molecule has 3 atom stereocenters. The van der Waals surface area contributed by atoms with E-state index < -0.39 is 72.0 Å². The number of nitrogens with zero attached hydrogens (tertiary/aromatic N) is 1. The fourth-order valence-corrected chi connectivity index (χ4v) is 4.20. The highest BCUT2D eigenvalue weighted by atomic mass is 19.4. The van der Waals surface area contributed by atoms with E-state index in [9.17, 15) is 41.9 Å². The third kappa shape index (κ3) is 8.34. The predicted octanol–water partition coefficient (Wildman–Crippen LogP) is 1.66. The Morgan fingerprint density at radius 3 is 2.08 bits per heavy atom. The van der Waals surface area contributed by atoms with E-state index in [1.165, 1.54) is 45.0 Å². The highest BCUT2D eigenvalue weighted by Crippen LogP contribution is 2.25. The molecule has 0 aliphatic carbocycles. The van der Waals surface area contributed by atoms with Crippen LogP contribution in [0.25, 0.3) is 0 Å². The van der Waals surface area contributed by atoms with Crippen LogP contribution in [-0.2, 0) is 19.2 Å². The Balaban J connectivity index is 2.29. The monoisotopic (exact) mass is 570 g/mol. The number of imide groups is 1. The van der Waals surface area contributed by atoms with Crippen molar-refractivity contribution in [1.29, 1.82) is 0 Å². The molecular formula is C26H33F3N4O7. The number of Topliss-reactive ketones (excluding diaryl/α,β-unsaturated/α-hetero) is 1. The molecule has 0 aromatic heterocycles. The van der Waals surface area contributed by atoms with Crippen LogP contribution < -0.4 is 16.0 Å². The van der Waals surface area contributed by atoms with Crippen LogP contribution >= 0.6 is 0 Å². The number of alkyl halides is 3. The van der Waals surface area contributed by atoms with Gasteiger partial charge >= 0.3 is 12.1 Å². The first-order valence-electron chi connectivity index (χ1n) is 12.8. The van der Waals surface area contributed by atoms with E-state index in [1.54, 1.807) is 0 Å². The zero-order valence-corrected chi connectivity index (χ0v) is 22.3. The molecule has 4 amide bonds. The molecule has 0 radical (unpaired) electrons. The average molecular weight is 571 g/mol. The van der Waals surface area contributed by atoms with Crippen LogP contribution in [0.4, 0.5) is 13.2 Å². The molecule has 40 heavy (non-hydrogen) atoms. The molecule has 1 aromatic carbocycles. The lowest BCUT2D eigenvalue weighted by Crippen LogP contribution is -2.61. The number of carbonyl (C=O) groups excluding carboxylic acids is 5. The third-order valence-corrected chi connectivity index (χ3v) is 6.37. The number of aliphatic carboxylic acids is 1. The van der Waals surface area contributed by atoms with Gasteiger partial charge in [-0.3, -0.25) is 33.7 Å². The summed E-state index contributed by atoms with van der Waals surface area (Å²) in [7, 11) is 0. The molecule has 1 saturated heterocycles. The van der Waals surface area contributed by atoms with Crippen LogP contribution in [0.5, 0.6) is 0 Å². The van der Waals surface area contributed by atoms with E-state index in [1.807, 2.05) is 0 Å². The molecular weight excluding hydrogens is 537 g/mol. The Morgan fingerprint density at radius 2 is 1.62 bits per heavy atom. The Bertz CT molecular complexity index is 1120. The Labute approximate surface area is 228 Å². The molecule has 220 valence electrons. The number of carboxylic acid groups (broad SMARTS) is 1. The van der Waals surface area contributed by atoms with Crippen LogP contribution in [0.1, 0.15) is 67.2 Å². The number of nitrogens with one attached hydrogen (secondary N) is 3. The quantitative estimate of drug-likeness (QED) is 0.295. The number of benzene rings is 1. The van der Waals surface area contributed by atoms with Crippen molar-refractivity contribution in [2.75, 3.05) is 13.1 Å². The second-order valence-corrected chi connectivity index (χ2v) is 9.65. The lowest BCUT2D eigenvalue weighted by atomic mass is 9.98. The number of carbonyl (C=O) groups is 6. The predicted molar refractivity (Wildman–Crippen MR) is 135 cm³/mol. The van der Waals surface area contributed by atoms with Gasteiger partial charge in [0.05, 0.1) is 12.5 Å².